The first-order chi connectivity index (χ1) is 5.84. The molecule has 12 heavy (non-hydrogen) atoms. The Kier molecular flexibility index (Phi) is 3.26. The van der Waals surface area contributed by atoms with Gasteiger partial charge in [0.05, 0.1) is 0 Å². The topological polar surface area (TPSA) is 42.0 Å². The highest BCUT2D eigenvalue weighted by Crippen LogP contribution is 2.11. The van der Waals surface area contributed by atoms with Crippen LogP contribution in [-0.2, 0) is 4.79 Å². The first kappa shape index (κ1) is 8.71. The fraction of sp³-hybridized carbons (Fsp3) is 0.333. The van der Waals surface area contributed by atoms with Crippen molar-refractivity contribution in [3.8, 4) is 0 Å². The van der Waals surface area contributed by atoms with E-state index in [2.05, 4.69) is 17.2 Å². The van der Waals surface area contributed by atoms with Crippen molar-refractivity contribution in [1.29, 1.82) is 0 Å². The molecule has 0 aromatic carbocycles. The summed E-state index contributed by atoms with van der Waals surface area (Å²) in [5.41, 5.74) is 1.19. The van der Waals surface area contributed by atoms with Crippen molar-refractivity contribution in [2.45, 2.75) is 12.8 Å². The monoisotopic (exact) mass is 164 g/mol. The molecule has 1 N–H and O–H groups in total. The van der Waals surface area contributed by atoms with E-state index >= 15 is 0 Å². The summed E-state index contributed by atoms with van der Waals surface area (Å²) in [4.78, 5) is 13.9. The molecule has 0 radical (unpaired) electrons. The zero-order valence-electron chi connectivity index (χ0n) is 7.03. The number of carbonyl (C=O) groups excluding carboxylic acids is 1. The molecule has 0 aliphatic carbocycles. The molecular formula is C9H12N2O. The van der Waals surface area contributed by atoms with Crippen LogP contribution in [0.25, 0.3) is 0 Å². The molecule has 0 bridgehead atoms. The summed E-state index contributed by atoms with van der Waals surface area (Å²) in [5.74, 6) is 0.346. The largest absolute Gasteiger partial charge is 0.358 e. The molecule has 64 valence electrons. The van der Waals surface area contributed by atoms with Gasteiger partial charge < -0.3 is 5.32 Å². The lowest BCUT2D eigenvalue weighted by Gasteiger charge is -2.09. The van der Waals surface area contributed by atoms with Crippen LogP contribution in [0.15, 0.2) is 24.5 Å². The van der Waals surface area contributed by atoms with Crippen molar-refractivity contribution in [3.63, 3.8) is 0 Å². The van der Waals surface area contributed by atoms with Gasteiger partial charge in [-0.25, -0.2) is 0 Å². The number of nitrogens with one attached hydrogen (secondary N) is 1. The second-order valence-electron chi connectivity index (χ2n) is 2.71. The van der Waals surface area contributed by atoms with Gasteiger partial charge in [0.1, 0.15) is 0 Å². The van der Waals surface area contributed by atoms with E-state index in [9.17, 15) is 4.79 Å². The van der Waals surface area contributed by atoms with Crippen molar-refractivity contribution in [1.82, 2.24) is 10.3 Å². The third-order valence-corrected chi connectivity index (χ3v) is 1.78. The van der Waals surface area contributed by atoms with Gasteiger partial charge in [-0.05, 0) is 23.6 Å². The van der Waals surface area contributed by atoms with Crippen LogP contribution >= 0.6 is 0 Å². The predicted octanol–water partition coefficient (Wildman–Crippen LogP) is 0.931. The summed E-state index contributed by atoms with van der Waals surface area (Å²) in [6.45, 7) is 2.74. The molecule has 0 saturated carbocycles. The zero-order chi connectivity index (χ0) is 8.81. The maximum atomic E-state index is 10.0. The average molecular weight is 164 g/mol. The lowest BCUT2D eigenvalue weighted by atomic mass is 10.0. The van der Waals surface area contributed by atoms with Crippen molar-refractivity contribution in [3.05, 3.63) is 30.1 Å². The summed E-state index contributed by atoms with van der Waals surface area (Å²) in [6, 6.07) is 3.91. The van der Waals surface area contributed by atoms with Crippen LogP contribution in [0, 0.1) is 0 Å². The Bertz CT molecular complexity index is 236. The van der Waals surface area contributed by atoms with E-state index in [-0.39, 0.29) is 0 Å². The quantitative estimate of drug-likeness (QED) is 0.673. The summed E-state index contributed by atoms with van der Waals surface area (Å²) < 4.78 is 0. The molecule has 1 amide bonds. The third kappa shape index (κ3) is 2.34. The standard InChI is InChI=1S/C9H12N2O/c1-8(6-11-7-12)9-2-4-10-5-3-9/h2-5,7-8H,6H2,1H3,(H,11,12). The predicted molar refractivity (Wildman–Crippen MR) is 46.7 cm³/mol. The number of carbonyl (C=O) groups is 1. The fourth-order valence-corrected chi connectivity index (χ4v) is 1.03. The molecular weight excluding hydrogens is 152 g/mol. The number of amides is 1. The smallest absolute Gasteiger partial charge is 0.207 e. The summed E-state index contributed by atoms with van der Waals surface area (Å²) in [6.07, 6.45) is 4.23. The van der Waals surface area contributed by atoms with Crippen LogP contribution in [0.2, 0.25) is 0 Å². The van der Waals surface area contributed by atoms with Crippen LogP contribution in [-0.4, -0.2) is 17.9 Å². The molecule has 3 nitrogen and oxygen atoms in total. The van der Waals surface area contributed by atoms with Gasteiger partial charge >= 0.3 is 0 Å². The van der Waals surface area contributed by atoms with Gasteiger partial charge in [-0.2, -0.15) is 0 Å². The molecule has 1 atom stereocenters. The van der Waals surface area contributed by atoms with E-state index in [0.29, 0.717) is 12.5 Å². The van der Waals surface area contributed by atoms with Gasteiger partial charge in [-0.3, -0.25) is 9.78 Å². The number of pyridine rings is 1. The molecule has 1 rings (SSSR count). The highest BCUT2D eigenvalue weighted by atomic mass is 16.1. The number of rotatable bonds is 4. The second kappa shape index (κ2) is 4.49. The number of hydrogen-bond donors (Lipinski definition) is 1. The van der Waals surface area contributed by atoms with Crippen molar-refractivity contribution >= 4 is 6.41 Å². The molecule has 1 aromatic heterocycles. The lowest BCUT2D eigenvalue weighted by molar-refractivity contribution is -0.109. The molecule has 1 unspecified atom stereocenters. The second-order valence-corrected chi connectivity index (χ2v) is 2.71. The highest BCUT2D eigenvalue weighted by Gasteiger charge is 2.02. The van der Waals surface area contributed by atoms with E-state index in [0.717, 1.165) is 6.41 Å². The normalized spacial score (nSPS) is 12.1. The molecule has 0 aliphatic heterocycles. The zero-order valence-corrected chi connectivity index (χ0v) is 7.03. The average Bonchev–Trinajstić information content (AvgIpc) is 2.15. The number of nitrogens with zero attached hydrogens (tertiary/aromatic N) is 1. The summed E-state index contributed by atoms with van der Waals surface area (Å²) in [7, 11) is 0. The molecule has 0 aliphatic rings. The van der Waals surface area contributed by atoms with Crippen molar-refractivity contribution in [2.24, 2.45) is 0 Å². The van der Waals surface area contributed by atoms with E-state index in [4.69, 9.17) is 0 Å². The van der Waals surface area contributed by atoms with Crippen LogP contribution in [0.5, 0.6) is 0 Å². The van der Waals surface area contributed by atoms with Crippen LogP contribution in [0.3, 0.4) is 0 Å². The Morgan fingerprint density at radius 1 is 1.58 bits per heavy atom. The van der Waals surface area contributed by atoms with E-state index in [1.807, 2.05) is 12.1 Å². The van der Waals surface area contributed by atoms with E-state index in [1.165, 1.54) is 5.56 Å². The summed E-state index contributed by atoms with van der Waals surface area (Å²) in [5, 5.41) is 2.65. The Labute approximate surface area is 71.8 Å². The fourth-order valence-electron chi connectivity index (χ4n) is 1.03. The highest BCUT2D eigenvalue weighted by molar-refractivity contribution is 5.46. The Morgan fingerprint density at radius 2 is 2.25 bits per heavy atom. The van der Waals surface area contributed by atoms with Gasteiger partial charge in [0.15, 0.2) is 0 Å². The minimum atomic E-state index is 0.346. The van der Waals surface area contributed by atoms with Gasteiger partial charge in [0.2, 0.25) is 6.41 Å². The van der Waals surface area contributed by atoms with E-state index < -0.39 is 0 Å². The van der Waals surface area contributed by atoms with Gasteiger partial charge in [-0.1, -0.05) is 6.92 Å². The third-order valence-electron chi connectivity index (χ3n) is 1.78. The van der Waals surface area contributed by atoms with Crippen molar-refractivity contribution < 1.29 is 4.79 Å². The Balaban J connectivity index is 2.53. The first-order valence-corrected chi connectivity index (χ1v) is 3.91. The minimum Gasteiger partial charge on any atom is -0.358 e. The maximum Gasteiger partial charge on any atom is 0.207 e. The molecule has 1 heterocycles. The molecule has 3 heteroatoms. The number of aromatic nitrogens is 1. The minimum absolute atomic E-state index is 0.346. The van der Waals surface area contributed by atoms with Crippen molar-refractivity contribution in [2.75, 3.05) is 6.54 Å². The van der Waals surface area contributed by atoms with Gasteiger partial charge in [0.25, 0.3) is 0 Å². The van der Waals surface area contributed by atoms with Crippen LogP contribution in [0.4, 0.5) is 0 Å². The maximum absolute atomic E-state index is 10.0. The molecule has 0 saturated heterocycles. The first-order valence-electron chi connectivity index (χ1n) is 3.91. The summed E-state index contributed by atoms with van der Waals surface area (Å²) >= 11 is 0. The van der Waals surface area contributed by atoms with Gasteiger partial charge in [-0.15, -0.1) is 0 Å². The number of hydrogen-bond acceptors (Lipinski definition) is 2. The Hall–Kier alpha value is -1.38. The van der Waals surface area contributed by atoms with Gasteiger partial charge in [0, 0.05) is 18.9 Å². The molecule has 1 aromatic rings. The van der Waals surface area contributed by atoms with Crippen LogP contribution < -0.4 is 5.32 Å². The van der Waals surface area contributed by atoms with E-state index in [1.54, 1.807) is 12.4 Å². The lowest BCUT2D eigenvalue weighted by Crippen LogP contribution is -2.17. The molecule has 0 fully saturated rings. The molecule has 0 spiro atoms. The van der Waals surface area contributed by atoms with Crippen LogP contribution in [0.1, 0.15) is 18.4 Å². The Morgan fingerprint density at radius 3 is 2.83 bits per heavy atom. The SMILES string of the molecule is CC(CNC=O)c1ccncc1.